The van der Waals surface area contributed by atoms with E-state index in [9.17, 15) is 35.4 Å². The number of fused-ring (bicyclic) bond motifs is 4. The van der Waals surface area contributed by atoms with E-state index in [2.05, 4.69) is 0 Å². The van der Waals surface area contributed by atoms with Crippen molar-refractivity contribution in [2.75, 3.05) is 13.2 Å². The molecule has 6 N–H and O–H groups in total. The van der Waals surface area contributed by atoms with Gasteiger partial charge in [-0.1, -0.05) is 20.8 Å². The average molecular weight is 446 g/mol. The van der Waals surface area contributed by atoms with E-state index in [-0.39, 0.29) is 24.4 Å². The summed E-state index contributed by atoms with van der Waals surface area (Å²) in [5.41, 5.74) is -2.20. The Morgan fingerprint density at radius 2 is 1.81 bits per heavy atom. The second-order valence-electron chi connectivity index (χ2n) is 10.1. The number of carbonyl (C=O) groups excluding carboxylic acids is 1. The molecule has 0 unspecified atom stereocenters. The predicted molar refractivity (Wildman–Crippen MR) is 103 cm³/mol. The molecule has 10 nitrogen and oxygen atoms in total. The predicted octanol–water partition coefficient (Wildman–Crippen LogP) is -1.86. The lowest BCUT2D eigenvalue weighted by atomic mass is 9.53. The number of aliphatic hydroxyl groups is 6. The number of hydrogen-bond acceptors (Lipinski definition) is 10. The molecular formula is C21H34O10. The molecule has 0 aromatic rings. The monoisotopic (exact) mass is 446 g/mol. The maximum absolute atomic E-state index is 12.6. The van der Waals surface area contributed by atoms with Crippen molar-refractivity contribution < 1.29 is 49.6 Å². The van der Waals surface area contributed by atoms with E-state index >= 15 is 0 Å². The van der Waals surface area contributed by atoms with Gasteiger partial charge in [0.15, 0.2) is 12.4 Å². The lowest BCUT2D eigenvalue weighted by Gasteiger charge is -2.53. The highest BCUT2D eigenvalue weighted by atomic mass is 16.7. The van der Waals surface area contributed by atoms with Crippen molar-refractivity contribution >= 4 is 5.97 Å². The minimum Gasteiger partial charge on any atom is -0.456 e. The second-order valence-corrected chi connectivity index (χ2v) is 10.1. The van der Waals surface area contributed by atoms with Crippen LogP contribution >= 0.6 is 0 Å². The number of rotatable bonds is 5. The fraction of sp³-hybridized carbons (Fsp3) is 0.952. The van der Waals surface area contributed by atoms with Crippen molar-refractivity contribution in [1.82, 2.24) is 0 Å². The number of carbonyl (C=O) groups is 1. The van der Waals surface area contributed by atoms with Crippen LogP contribution in [0.1, 0.15) is 33.6 Å². The van der Waals surface area contributed by atoms with Crippen LogP contribution in [0.4, 0.5) is 0 Å². The van der Waals surface area contributed by atoms with Crippen LogP contribution in [0.3, 0.4) is 0 Å². The minimum atomic E-state index is -1.54. The quantitative estimate of drug-likeness (QED) is 0.264. The van der Waals surface area contributed by atoms with E-state index in [1.54, 1.807) is 0 Å². The summed E-state index contributed by atoms with van der Waals surface area (Å²) in [4.78, 5) is 12.6. The van der Waals surface area contributed by atoms with Crippen LogP contribution in [0.5, 0.6) is 0 Å². The van der Waals surface area contributed by atoms with E-state index in [0.29, 0.717) is 12.8 Å². The van der Waals surface area contributed by atoms with Gasteiger partial charge in [-0.25, -0.2) is 0 Å². The molecule has 4 fully saturated rings. The fourth-order valence-electron chi connectivity index (χ4n) is 6.45. The van der Waals surface area contributed by atoms with Crippen LogP contribution in [0.25, 0.3) is 0 Å². The summed E-state index contributed by atoms with van der Waals surface area (Å²) in [6.07, 6.45) is -7.76. The van der Waals surface area contributed by atoms with Gasteiger partial charge in [0.1, 0.15) is 30.0 Å². The highest BCUT2D eigenvalue weighted by Gasteiger charge is 2.74. The van der Waals surface area contributed by atoms with Gasteiger partial charge in [-0.2, -0.15) is 0 Å². The molecule has 0 spiro atoms. The third kappa shape index (κ3) is 3.11. The minimum absolute atomic E-state index is 0.0560. The Balaban J connectivity index is 1.52. The number of hydrogen-bond donors (Lipinski definition) is 6. The van der Waals surface area contributed by atoms with Crippen molar-refractivity contribution in [1.29, 1.82) is 0 Å². The molecule has 0 amide bonds. The van der Waals surface area contributed by atoms with Gasteiger partial charge < -0.3 is 44.8 Å². The van der Waals surface area contributed by atoms with Gasteiger partial charge >= 0.3 is 5.97 Å². The molecule has 2 heterocycles. The van der Waals surface area contributed by atoms with Crippen LogP contribution < -0.4 is 0 Å². The molecule has 2 saturated carbocycles. The van der Waals surface area contributed by atoms with E-state index in [4.69, 9.17) is 14.2 Å². The third-order valence-electron chi connectivity index (χ3n) is 8.52. The van der Waals surface area contributed by atoms with Crippen molar-refractivity contribution in [2.24, 2.45) is 29.1 Å². The first-order valence-corrected chi connectivity index (χ1v) is 11.0. The summed E-state index contributed by atoms with van der Waals surface area (Å²) in [7, 11) is 0. The summed E-state index contributed by atoms with van der Waals surface area (Å²) >= 11 is 0. The maximum Gasteiger partial charge on any atom is 0.312 e. The van der Waals surface area contributed by atoms with Crippen molar-refractivity contribution in [3.05, 3.63) is 0 Å². The Morgan fingerprint density at radius 3 is 2.42 bits per heavy atom. The SMILES string of the molecule is CC(C)[C@]1(O)[C@@H]2C(=O)O[C@H]1[C@H](O)[C@]1(C)[C@@H](CO[C@@H]3O[C@H](CO)[C@@H](O)[C@H](O)[C@H]3O)CC[C@H]21. The summed E-state index contributed by atoms with van der Waals surface area (Å²) in [6, 6.07) is 0. The van der Waals surface area contributed by atoms with Gasteiger partial charge in [-0.05, 0) is 30.6 Å². The van der Waals surface area contributed by atoms with Crippen LogP contribution in [-0.4, -0.2) is 98.3 Å². The Morgan fingerprint density at radius 1 is 1.13 bits per heavy atom. The molecule has 0 radical (unpaired) electrons. The Kier molecular flexibility index (Phi) is 5.92. The van der Waals surface area contributed by atoms with Gasteiger partial charge in [0.25, 0.3) is 0 Å². The fourth-order valence-corrected chi connectivity index (χ4v) is 6.45. The molecule has 2 bridgehead atoms. The molecule has 12 atom stereocenters. The van der Waals surface area contributed by atoms with E-state index in [1.165, 1.54) is 0 Å². The molecule has 4 aliphatic rings. The zero-order chi connectivity index (χ0) is 22.9. The van der Waals surface area contributed by atoms with Crippen LogP contribution in [0.15, 0.2) is 0 Å². The number of aliphatic hydroxyl groups excluding tert-OH is 5. The standard InChI is InChI=1S/C21H34O10/c1-8(2)21(28)12-10-5-4-9(20(10,3)16(26)17(21)31-18(12)27)7-29-19-15(25)14(24)13(23)11(6-22)30-19/h8-17,19,22-26,28H,4-7H2,1-3H3/t9-,10-,11-,12+,13-,14+,15-,16+,17+,19-,20-,21+/m1/s1. The third-order valence-corrected chi connectivity index (χ3v) is 8.52. The first-order valence-electron chi connectivity index (χ1n) is 11.0. The van der Waals surface area contributed by atoms with E-state index in [1.807, 2.05) is 20.8 Å². The topological polar surface area (TPSA) is 166 Å². The van der Waals surface area contributed by atoms with Gasteiger partial charge in [-0.15, -0.1) is 0 Å². The molecular weight excluding hydrogens is 412 g/mol. The summed E-state index contributed by atoms with van der Waals surface area (Å²) in [5.74, 6) is -2.02. The zero-order valence-corrected chi connectivity index (χ0v) is 18.0. The van der Waals surface area contributed by atoms with Crippen LogP contribution in [-0.2, 0) is 19.0 Å². The molecule has 4 rings (SSSR count). The van der Waals surface area contributed by atoms with Crippen molar-refractivity contribution in [3.8, 4) is 0 Å². The summed E-state index contributed by atoms with van der Waals surface area (Å²) in [5, 5.41) is 62.0. The molecule has 10 heteroatoms. The molecule has 31 heavy (non-hydrogen) atoms. The van der Waals surface area contributed by atoms with E-state index in [0.717, 1.165) is 0 Å². The first kappa shape index (κ1) is 23.3. The van der Waals surface area contributed by atoms with Gasteiger partial charge in [0.05, 0.1) is 25.2 Å². The van der Waals surface area contributed by atoms with Crippen LogP contribution in [0.2, 0.25) is 0 Å². The Bertz CT molecular complexity index is 700. The lowest BCUT2D eigenvalue weighted by molar-refractivity contribution is -0.306. The molecule has 2 saturated heterocycles. The number of esters is 1. The number of ether oxygens (including phenoxy) is 3. The Labute approximate surface area is 180 Å². The second kappa shape index (κ2) is 7.88. The van der Waals surface area contributed by atoms with Gasteiger partial charge in [0, 0.05) is 5.41 Å². The molecule has 178 valence electrons. The molecule has 2 aliphatic carbocycles. The zero-order valence-electron chi connectivity index (χ0n) is 18.0. The smallest absolute Gasteiger partial charge is 0.312 e. The van der Waals surface area contributed by atoms with Crippen LogP contribution in [0, 0.1) is 29.1 Å². The first-order chi connectivity index (χ1) is 14.5. The summed E-state index contributed by atoms with van der Waals surface area (Å²) in [6.45, 7) is 5.00. The lowest BCUT2D eigenvalue weighted by Crippen LogP contribution is -2.66. The molecule has 2 aliphatic heterocycles. The van der Waals surface area contributed by atoms with Gasteiger partial charge in [-0.3, -0.25) is 4.79 Å². The average Bonchev–Trinajstić information content (AvgIpc) is 3.17. The van der Waals surface area contributed by atoms with Crippen molar-refractivity contribution in [2.45, 2.75) is 82.1 Å². The van der Waals surface area contributed by atoms with Gasteiger partial charge in [0.2, 0.25) is 0 Å². The largest absolute Gasteiger partial charge is 0.456 e. The molecule has 0 aromatic carbocycles. The van der Waals surface area contributed by atoms with Crippen molar-refractivity contribution in [3.63, 3.8) is 0 Å². The van der Waals surface area contributed by atoms with E-state index < -0.39 is 72.4 Å². The normalized spacial score (nSPS) is 54.2. The Hall–Kier alpha value is -0.850. The summed E-state index contributed by atoms with van der Waals surface area (Å²) < 4.78 is 16.6. The maximum atomic E-state index is 12.6. The highest BCUT2D eigenvalue weighted by molar-refractivity contribution is 5.78. The molecule has 0 aromatic heterocycles. The highest BCUT2D eigenvalue weighted by Crippen LogP contribution is 2.64.